The Morgan fingerprint density at radius 3 is 2.50 bits per heavy atom. The van der Waals surface area contributed by atoms with Gasteiger partial charge >= 0.3 is 0 Å². The van der Waals surface area contributed by atoms with Gasteiger partial charge in [-0.2, -0.15) is 0 Å². The van der Waals surface area contributed by atoms with Gasteiger partial charge in [-0.15, -0.1) is 0 Å². The highest BCUT2D eigenvalue weighted by molar-refractivity contribution is 5.94. The summed E-state index contributed by atoms with van der Waals surface area (Å²) in [6, 6.07) is 7.83. The highest BCUT2D eigenvalue weighted by Crippen LogP contribution is 2.29. The second-order valence-corrected chi connectivity index (χ2v) is 3.86. The smallest absolute Gasteiger partial charge is 0.229 e. The van der Waals surface area contributed by atoms with E-state index in [-0.39, 0.29) is 17.9 Å². The van der Waals surface area contributed by atoms with Crippen LogP contribution >= 0.6 is 0 Å². The van der Waals surface area contributed by atoms with E-state index in [0.717, 1.165) is 12.1 Å². The minimum Gasteiger partial charge on any atom is -0.327 e. The Morgan fingerprint density at radius 1 is 1.43 bits per heavy atom. The van der Waals surface area contributed by atoms with Crippen LogP contribution in [0.3, 0.4) is 0 Å². The summed E-state index contributed by atoms with van der Waals surface area (Å²) in [5, 5.41) is 2.84. The normalized spacial score (nSPS) is 24.4. The van der Waals surface area contributed by atoms with Gasteiger partial charge in [0.1, 0.15) is 0 Å². The number of rotatable bonds is 2. The largest absolute Gasteiger partial charge is 0.327 e. The molecule has 74 valence electrons. The number of hydrogen-bond acceptors (Lipinski definition) is 2. The number of hydrogen-bond donors (Lipinski definition) is 2. The number of anilines is 1. The molecule has 1 aliphatic rings. The van der Waals surface area contributed by atoms with E-state index in [2.05, 4.69) is 5.32 Å². The predicted molar refractivity (Wildman–Crippen MR) is 55.9 cm³/mol. The van der Waals surface area contributed by atoms with Crippen LogP contribution in [0.5, 0.6) is 0 Å². The van der Waals surface area contributed by atoms with Crippen molar-refractivity contribution in [2.24, 2.45) is 11.7 Å². The summed E-state index contributed by atoms with van der Waals surface area (Å²) in [4.78, 5) is 11.5. The average Bonchev–Trinajstić information content (AvgIpc) is 2.87. The predicted octanol–water partition coefficient (Wildman–Crippen LogP) is 1.28. The van der Waals surface area contributed by atoms with Crippen LogP contribution in [0.4, 0.5) is 5.69 Å². The fraction of sp³-hybridized carbons (Fsp3) is 0.364. The van der Waals surface area contributed by atoms with Crippen LogP contribution in [0.25, 0.3) is 0 Å². The lowest BCUT2D eigenvalue weighted by atomic mass is 10.2. The maximum atomic E-state index is 11.5. The zero-order valence-corrected chi connectivity index (χ0v) is 8.16. The third kappa shape index (κ3) is 1.93. The molecule has 3 N–H and O–H groups in total. The average molecular weight is 190 g/mol. The molecule has 3 nitrogen and oxygen atoms in total. The van der Waals surface area contributed by atoms with Crippen molar-refractivity contribution in [1.82, 2.24) is 0 Å². The quantitative estimate of drug-likeness (QED) is 0.738. The first kappa shape index (κ1) is 9.21. The Hall–Kier alpha value is -1.35. The molecule has 0 spiro atoms. The van der Waals surface area contributed by atoms with Gasteiger partial charge in [-0.1, -0.05) is 17.7 Å². The molecule has 0 radical (unpaired) electrons. The van der Waals surface area contributed by atoms with Gasteiger partial charge in [0.05, 0.1) is 5.92 Å². The van der Waals surface area contributed by atoms with Crippen molar-refractivity contribution in [3.05, 3.63) is 29.8 Å². The summed E-state index contributed by atoms with van der Waals surface area (Å²) < 4.78 is 0. The molecular weight excluding hydrogens is 176 g/mol. The minimum absolute atomic E-state index is 0.0244. The molecule has 14 heavy (non-hydrogen) atoms. The van der Waals surface area contributed by atoms with Gasteiger partial charge in [0.15, 0.2) is 0 Å². The van der Waals surface area contributed by atoms with Crippen LogP contribution in [0, 0.1) is 12.8 Å². The Labute approximate surface area is 83.3 Å². The molecule has 2 rings (SSSR count). The van der Waals surface area contributed by atoms with Crippen molar-refractivity contribution >= 4 is 11.6 Å². The molecule has 1 saturated carbocycles. The zero-order valence-electron chi connectivity index (χ0n) is 8.16. The summed E-state index contributed by atoms with van der Waals surface area (Å²) in [5.74, 6) is 0.0673. The number of carbonyl (C=O) groups is 1. The van der Waals surface area contributed by atoms with E-state index >= 15 is 0 Å². The van der Waals surface area contributed by atoms with Crippen molar-refractivity contribution in [3.63, 3.8) is 0 Å². The molecule has 1 aliphatic carbocycles. The van der Waals surface area contributed by atoms with Crippen LogP contribution in [0.1, 0.15) is 12.0 Å². The topological polar surface area (TPSA) is 55.1 Å². The second-order valence-electron chi connectivity index (χ2n) is 3.86. The molecule has 0 aliphatic heterocycles. The van der Waals surface area contributed by atoms with Crippen molar-refractivity contribution in [2.45, 2.75) is 19.4 Å². The fourth-order valence-electron chi connectivity index (χ4n) is 1.39. The maximum absolute atomic E-state index is 11.5. The van der Waals surface area contributed by atoms with Crippen LogP contribution in [0.2, 0.25) is 0 Å². The summed E-state index contributed by atoms with van der Waals surface area (Å²) in [7, 11) is 0. The number of nitrogens with two attached hydrogens (primary N) is 1. The van der Waals surface area contributed by atoms with Crippen LogP contribution in [-0.2, 0) is 4.79 Å². The van der Waals surface area contributed by atoms with Gasteiger partial charge in [-0.05, 0) is 25.5 Å². The van der Waals surface area contributed by atoms with Crippen molar-refractivity contribution in [1.29, 1.82) is 0 Å². The summed E-state index contributed by atoms with van der Waals surface area (Å²) in [6.45, 7) is 2.02. The molecule has 1 amide bonds. The molecule has 2 unspecified atom stereocenters. The van der Waals surface area contributed by atoms with E-state index in [1.807, 2.05) is 31.2 Å². The van der Waals surface area contributed by atoms with Crippen molar-refractivity contribution in [3.8, 4) is 0 Å². The molecular formula is C11H14N2O. The van der Waals surface area contributed by atoms with Crippen molar-refractivity contribution in [2.75, 3.05) is 5.32 Å². The first-order valence-corrected chi connectivity index (χ1v) is 4.80. The summed E-state index contributed by atoms with van der Waals surface area (Å²) in [6.07, 6.45) is 0.817. The molecule has 1 fully saturated rings. The Bertz CT molecular complexity index is 345. The van der Waals surface area contributed by atoms with E-state index in [1.54, 1.807) is 0 Å². The molecule has 0 bridgehead atoms. The van der Waals surface area contributed by atoms with E-state index < -0.39 is 0 Å². The van der Waals surface area contributed by atoms with Gasteiger partial charge in [0.2, 0.25) is 5.91 Å². The van der Waals surface area contributed by atoms with E-state index in [0.29, 0.717) is 0 Å². The molecule has 0 saturated heterocycles. The van der Waals surface area contributed by atoms with Crippen molar-refractivity contribution < 1.29 is 4.79 Å². The number of aryl methyl sites for hydroxylation is 1. The molecule has 1 aromatic rings. The number of carbonyl (C=O) groups excluding carboxylic acids is 1. The molecule has 0 aromatic heterocycles. The highest BCUT2D eigenvalue weighted by atomic mass is 16.2. The monoisotopic (exact) mass is 190 g/mol. The van der Waals surface area contributed by atoms with E-state index in [1.165, 1.54) is 5.56 Å². The number of benzene rings is 1. The standard InChI is InChI=1S/C11H14N2O/c1-7-2-4-8(5-3-7)13-11(14)9-6-10(9)12/h2-5,9-10H,6,12H2,1H3,(H,13,14). The first-order valence-electron chi connectivity index (χ1n) is 4.80. The third-order valence-electron chi connectivity index (χ3n) is 2.50. The van der Waals surface area contributed by atoms with Gasteiger partial charge in [0, 0.05) is 11.7 Å². The zero-order chi connectivity index (χ0) is 10.1. The fourth-order valence-corrected chi connectivity index (χ4v) is 1.39. The summed E-state index contributed by atoms with van der Waals surface area (Å²) in [5.41, 5.74) is 7.62. The first-order chi connectivity index (χ1) is 6.66. The van der Waals surface area contributed by atoms with Gasteiger partial charge in [-0.3, -0.25) is 4.79 Å². The van der Waals surface area contributed by atoms with Gasteiger partial charge in [-0.25, -0.2) is 0 Å². The van der Waals surface area contributed by atoms with Crippen LogP contribution < -0.4 is 11.1 Å². The molecule has 1 aromatic carbocycles. The highest BCUT2D eigenvalue weighted by Gasteiger charge is 2.39. The SMILES string of the molecule is Cc1ccc(NC(=O)C2CC2N)cc1. The van der Waals surface area contributed by atoms with Crippen LogP contribution in [-0.4, -0.2) is 11.9 Å². The Morgan fingerprint density at radius 2 is 2.00 bits per heavy atom. The molecule has 3 heteroatoms. The molecule has 0 heterocycles. The Balaban J connectivity index is 1.97. The summed E-state index contributed by atoms with van der Waals surface area (Å²) >= 11 is 0. The second kappa shape index (κ2) is 3.42. The number of amides is 1. The lowest BCUT2D eigenvalue weighted by Crippen LogP contribution is -2.18. The lowest BCUT2D eigenvalue weighted by molar-refractivity contribution is -0.117. The Kier molecular flexibility index (Phi) is 2.25. The molecule has 2 atom stereocenters. The minimum atomic E-state index is 0.0244. The van der Waals surface area contributed by atoms with E-state index in [4.69, 9.17) is 5.73 Å². The number of nitrogens with one attached hydrogen (secondary N) is 1. The van der Waals surface area contributed by atoms with Gasteiger partial charge < -0.3 is 11.1 Å². The lowest BCUT2D eigenvalue weighted by Gasteiger charge is -2.04. The van der Waals surface area contributed by atoms with Gasteiger partial charge in [0.25, 0.3) is 0 Å². The van der Waals surface area contributed by atoms with Crippen LogP contribution in [0.15, 0.2) is 24.3 Å². The van der Waals surface area contributed by atoms with E-state index in [9.17, 15) is 4.79 Å². The maximum Gasteiger partial charge on any atom is 0.229 e. The third-order valence-corrected chi connectivity index (χ3v) is 2.50.